The Morgan fingerprint density at radius 3 is 2.45 bits per heavy atom. The number of hydrogen-bond donors (Lipinski definition) is 2. The van der Waals surface area contributed by atoms with E-state index in [-0.39, 0.29) is 30.8 Å². The molecule has 7 nitrogen and oxygen atoms in total. The number of nitrogens with zero attached hydrogens (tertiary/aromatic N) is 1. The lowest BCUT2D eigenvalue weighted by Crippen LogP contribution is -2.20. The van der Waals surface area contributed by atoms with Gasteiger partial charge in [0.05, 0.1) is 19.4 Å². The van der Waals surface area contributed by atoms with Gasteiger partial charge >= 0.3 is 0 Å². The molecule has 2 amide bonds. The number of anilines is 1. The Balaban J connectivity index is 1.82. The predicted molar refractivity (Wildman–Crippen MR) is 117 cm³/mol. The first-order valence-electron chi connectivity index (χ1n) is 9.09. The molecule has 154 valence electrons. The second kappa shape index (κ2) is 11.2. The van der Waals surface area contributed by atoms with Crippen LogP contribution in [-0.2, 0) is 9.59 Å². The highest BCUT2D eigenvalue weighted by Crippen LogP contribution is 2.22. The molecule has 2 aromatic rings. The maximum Gasteiger partial charge on any atom is 0.240 e. The van der Waals surface area contributed by atoms with Gasteiger partial charge in [-0.05, 0) is 56.3 Å². The van der Waals surface area contributed by atoms with Crippen LogP contribution in [0.4, 0.5) is 5.69 Å². The van der Waals surface area contributed by atoms with Crippen LogP contribution in [0.25, 0.3) is 0 Å². The average molecular weight is 462 g/mol. The van der Waals surface area contributed by atoms with Crippen LogP contribution in [0.1, 0.15) is 32.3 Å². The van der Waals surface area contributed by atoms with Gasteiger partial charge < -0.3 is 14.8 Å². The van der Waals surface area contributed by atoms with Gasteiger partial charge in [0, 0.05) is 28.6 Å². The van der Waals surface area contributed by atoms with Gasteiger partial charge in [0.1, 0.15) is 11.5 Å². The van der Waals surface area contributed by atoms with E-state index in [0.29, 0.717) is 17.2 Å². The molecule has 0 heterocycles. The average Bonchev–Trinajstić information content (AvgIpc) is 2.68. The molecule has 2 rings (SSSR count). The molecule has 0 aliphatic rings. The van der Waals surface area contributed by atoms with Crippen molar-refractivity contribution in [1.29, 1.82) is 0 Å². The molecule has 0 bridgehead atoms. The van der Waals surface area contributed by atoms with Crippen molar-refractivity contribution in [3.63, 3.8) is 0 Å². The van der Waals surface area contributed by atoms with Crippen LogP contribution < -0.4 is 20.2 Å². The molecule has 29 heavy (non-hydrogen) atoms. The summed E-state index contributed by atoms with van der Waals surface area (Å²) in [6.45, 7) is 3.86. The van der Waals surface area contributed by atoms with Gasteiger partial charge in [-0.15, -0.1) is 0 Å². The smallest absolute Gasteiger partial charge is 0.240 e. The summed E-state index contributed by atoms with van der Waals surface area (Å²) >= 11 is 3.40. The highest BCUT2D eigenvalue weighted by atomic mass is 79.9. The number of carbonyl (C=O) groups excluding carboxylic acids is 2. The standard InChI is InChI=1S/C21H24BrN3O4/c1-14(2)29-19-9-4-16(22)12-15(19)13-23-25-21(27)11-10-20(26)24-17-5-7-18(28-3)8-6-17/h4-9,12-14H,10-11H2,1-3H3,(H,24,26)(H,25,27). The maximum absolute atomic E-state index is 12.0. The third kappa shape index (κ3) is 7.95. The summed E-state index contributed by atoms with van der Waals surface area (Å²) in [6.07, 6.45) is 1.60. The Morgan fingerprint density at radius 1 is 1.10 bits per heavy atom. The number of benzene rings is 2. The van der Waals surface area contributed by atoms with Crippen molar-refractivity contribution in [2.45, 2.75) is 32.8 Å². The topological polar surface area (TPSA) is 89.0 Å². The van der Waals surface area contributed by atoms with E-state index < -0.39 is 0 Å². The summed E-state index contributed by atoms with van der Waals surface area (Å²) in [5, 5.41) is 6.69. The number of halogens is 1. The Kier molecular flexibility index (Phi) is 8.67. The second-order valence-electron chi connectivity index (χ2n) is 6.42. The van der Waals surface area contributed by atoms with Crippen LogP contribution >= 0.6 is 15.9 Å². The third-order valence-electron chi connectivity index (χ3n) is 3.68. The molecule has 0 atom stereocenters. The van der Waals surface area contributed by atoms with Crippen LogP contribution in [0.3, 0.4) is 0 Å². The first-order valence-corrected chi connectivity index (χ1v) is 9.88. The normalized spacial score (nSPS) is 10.8. The maximum atomic E-state index is 12.0. The van der Waals surface area contributed by atoms with Crippen LogP contribution in [0, 0.1) is 0 Å². The van der Waals surface area contributed by atoms with E-state index in [1.54, 1.807) is 31.4 Å². The number of hydrogen-bond acceptors (Lipinski definition) is 5. The van der Waals surface area contributed by atoms with Gasteiger partial charge in [-0.2, -0.15) is 5.10 Å². The van der Waals surface area contributed by atoms with Crippen molar-refractivity contribution in [2.75, 3.05) is 12.4 Å². The van der Waals surface area contributed by atoms with Crippen molar-refractivity contribution in [3.05, 3.63) is 52.5 Å². The molecule has 2 N–H and O–H groups in total. The van der Waals surface area contributed by atoms with Crippen molar-refractivity contribution < 1.29 is 19.1 Å². The Morgan fingerprint density at radius 2 is 1.79 bits per heavy atom. The van der Waals surface area contributed by atoms with Crippen LogP contribution in [0.2, 0.25) is 0 Å². The first kappa shape index (κ1) is 22.4. The molecule has 8 heteroatoms. The predicted octanol–water partition coefficient (Wildman–Crippen LogP) is 4.11. The number of methoxy groups -OCH3 is 1. The lowest BCUT2D eigenvalue weighted by molar-refractivity contribution is -0.124. The van der Waals surface area contributed by atoms with E-state index in [1.807, 2.05) is 32.0 Å². The summed E-state index contributed by atoms with van der Waals surface area (Å²) < 4.78 is 11.7. The Labute approximate surface area is 178 Å². The summed E-state index contributed by atoms with van der Waals surface area (Å²) in [4.78, 5) is 23.9. The molecule has 0 aromatic heterocycles. The largest absolute Gasteiger partial charge is 0.497 e. The van der Waals surface area contributed by atoms with E-state index in [1.165, 1.54) is 6.21 Å². The van der Waals surface area contributed by atoms with E-state index >= 15 is 0 Å². The molecular weight excluding hydrogens is 438 g/mol. The number of amides is 2. The fourth-order valence-electron chi connectivity index (χ4n) is 2.34. The van der Waals surface area contributed by atoms with E-state index in [9.17, 15) is 9.59 Å². The van der Waals surface area contributed by atoms with Crippen LogP contribution in [0.5, 0.6) is 11.5 Å². The van der Waals surface area contributed by atoms with Crippen molar-refractivity contribution in [2.24, 2.45) is 5.10 Å². The zero-order chi connectivity index (χ0) is 21.2. The monoisotopic (exact) mass is 461 g/mol. The summed E-state index contributed by atoms with van der Waals surface area (Å²) in [7, 11) is 1.57. The molecule has 0 saturated carbocycles. The van der Waals surface area contributed by atoms with Gasteiger partial charge in [-0.1, -0.05) is 15.9 Å². The van der Waals surface area contributed by atoms with Crippen molar-refractivity contribution in [1.82, 2.24) is 5.43 Å². The van der Waals surface area contributed by atoms with E-state index in [2.05, 4.69) is 31.8 Å². The van der Waals surface area contributed by atoms with Crippen molar-refractivity contribution >= 4 is 39.6 Å². The van der Waals surface area contributed by atoms with Gasteiger partial charge in [0.15, 0.2) is 0 Å². The third-order valence-corrected chi connectivity index (χ3v) is 4.17. The minimum Gasteiger partial charge on any atom is -0.497 e. The molecule has 0 saturated heterocycles. The summed E-state index contributed by atoms with van der Waals surface area (Å²) in [6, 6.07) is 12.5. The van der Waals surface area contributed by atoms with E-state index in [0.717, 1.165) is 10.0 Å². The van der Waals surface area contributed by atoms with Gasteiger partial charge in [0.2, 0.25) is 11.8 Å². The fourth-order valence-corrected chi connectivity index (χ4v) is 2.71. The molecule has 2 aromatic carbocycles. The van der Waals surface area contributed by atoms with Gasteiger partial charge in [-0.3, -0.25) is 9.59 Å². The second-order valence-corrected chi connectivity index (χ2v) is 7.33. The quantitative estimate of drug-likeness (QED) is 0.434. The number of carbonyl (C=O) groups is 2. The number of nitrogens with one attached hydrogen (secondary N) is 2. The zero-order valence-corrected chi connectivity index (χ0v) is 18.2. The Hall–Kier alpha value is -2.87. The molecule has 0 radical (unpaired) electrons. The molecular formula is C21H24BrN3O4. The lowest BCUT2D eigenvalue weighted by Gasteiger charge is -2.12. The van der Waals surface area contributed by atoms with Gasteiger partial charge in [-0.25, -0.2) is 5.43 Å². The molecule has 0 aliphatic heterocycles. The van der Waals surface area contributed by atoms with Crippen molar-refractivity contribution in [3.8, 4) is 11.5 Å². The first-order chi connectivity index (χ1) is 13.9. The zero-order valence-electron chi connectivity index (χ0n) is 16.6. The number of ether oxygens (including phenoxy) is 2. The SMILES string of the molecule is COc1ccc(NC(=O)CCC(=O)NN=Cc2cc(Br)ccc2OC(C)C)cc1. The highest BCUT2D eigenvalue weighted by Gasteiger charge is 2.08. The molecule has 0 aliphatic carbocycles. The van der Waals surface area contributed by atoms with Crippen LogP contribution in [-0.4, -0.2) is 31.2 Å². The lowest BCUT2D eigenvalue weighted by atomic mass is 10.2. The summed E-state index contributed by atoms with van der Waals surface area (Å²) in [5.74, 6) is 0.758. The van der Waals surface area contributed by atoms with Crippen LogP contribution in [0.15, 0.2) is 52.0 Å². The molecule has 0 unspecified atom stereocenters. The van der Waals surface area contributed by atoms with Gasteiger partial charge in [0.25, 0.3) is 0 Å². The van der Waals surface area contributed by atoms with E-state index in [4.69, 9.17) is 9.47 Å². The number of rotatable bonds is 9. The number of hydrazone groups is 1. The summed E-state index contributed by atoms with van der Waals surface area (Å²) in [5.41, 5.74) is 3.80. The minimum absolute atomic E-state index is 0.0159. The minimum atomic E-state index is -0.354. The fraction of sp³-hybridized carbons (Fsp3) is 0.286. The highest BCUT2D eigenvalue weighted by molar-refractivity contribution is 9.10. The Bertz CT molecular complexity index is 867. The molecule has 0 spiro atoms. The molecule has 0 fully saturated rings.